The number of H-pyrrole nitrogens is 1. The summed E-state index contributed by atoms with van der Waals surface area (Å²) in [5, 5.41) is 13.7. The molecule has 1 aliphatic rings. The molecule has 2 heterocycles. The van der Waals surface area contributed by atoms with Gasteiger partial charge in [0.1, 0.15) is 6.04 Å². The summed E-state index contributed by atoms with van der Waals surface area (Å²) >= 11 is 12.4. The first-order valence-electron chi connectivity index (χ1n) is 12.1. The number of hydrogen-bond donors (Lipinski definition) is 3. The zero-order valence-corrected chi connectivity index (χ0v) is 21.5. The minimum atomic E-state index is -1.07. The normalized spacial score (nSPS) is 16.5. The number of nitrogens with one attached hydrogen (secondary N) is 2. The van der Waals surface area contributed by atoms with Gasteiger partial charge in [-0.3, -0.25) is 4.79 Å². The minimum Gasteiger partial charge on any atom is -0.480 e. The number of benzene rings is 3. The van der Waals surface area contributed by atoms with Gasteiger partial charge in [0.05, 0.1) is 17.0 Å². The Morgan fingerprint density at radius 3 is 2.65 bits per heavy atom. The van der Waals surface area contributed by atoms with Crippen molar-refractivity contribution in [2.45, 2.75) is 25.3 Å². The van der Waals surface area contributed by atoms with Crippen LogP contribution in [0.3, 0.4) is 0 Å². The number of carboxylic acids is 1. The molecule has 9 heteroatoms. The van der Waals surface area contributed by atoms with Crippen molar-refractivity contribution in [1.29, 1.82) is 0 Å². The molecule has 0 aliphatic carbocycles. The number of rotatable bonds is 7. The number of hydrogen-bond acceptors (Lipinski definition) is 4. The number of carbonyl (C=O) groups excluding carboxylic acids is 1. The molecule has 2 atom stereocenters. The van der Waals surface area contributed by atoms with Crippen LogP contribution in [0.1, 0.15) is 18.4 Å². The second-order valence-corrected chi connectivity index (χ2v) is 10.1. The highest BCUT2D eigenvalue weighted by molar-refractivity contribution is 6.35. The van der Waals surface area contributed by atoms with E-state index in [1.54, 1.807) is 18.2 Å². The highest BCUT2D eigenvalue weighted by Gasteiger charge is 2.30. The van der Waals surface area contributed by atoms with Crippen molar-refractivity contribution in [3.63, 3.8) is 0 Å². The molecule has 37 heavy (non-hydrogen) atoms. The van der Waals surface area contributed by atoms with Crippen LogP contribution >= 0.6 is 23.2 Å². The maximum absolute atomic E-state index is 13.1. The fourth-order valence-electron chi connectivity index (χ4n) is 4.74. The molecule has 0 saturated carbocycles. The van der Waals surface area contributed by atoms with E-state index in [-0.39, 0.29) is 18.2 Å². The Kier molecular flexibility index (Phi) is 7.35. The van der Waals surface area contributed by atoms with Crippen LogP contribution in [0.15, 0.2) is 66.7 Å². The lowest BCUT2D eigenvalue weighted by atomic mass is 9.96. The van der Waals surface area contributed by atoms with Crippen molar-refractivity contribution < 1.29 is 14.7 Å². The molecule has 1 aromatic heterocycles. The van der Waals surface area contributed by atoms with Gasteiger partial charge in [0.2, 0.25) is 11.9 Å². The number of carboxylic acid groups (broad SMARTS) is 1. The van der Waals surface area contributed by atoms with Crippen molar-refractivity contribution in [2.24, 2.45) is 5.92 Å². The number of fused-ring (bicyclic) bond motifs is 1. The third-order valence-corrected chi connectivity index (χ3v) is 7.28. The number of nitrogens with zero attached hydrogens (tertiary/aromatic N) is 2. The number of piperidine rings is 1. The van der Waals surface area contributed by atoms with Gasteiger partial charge >= 0.3 is 5.97 Å². The number of amides is 1. The summed E-state index contributed by atoms with van der Waals surface area (Å²) < 4.78 is 0. The fraction of sp³-hybridized carbons (Fsp3) is 0.250. The van der Waals surface area contributed by atoms with Crippen LogP contribution in [0, 0.1) is 5.92 Å². The van der Waals surface area contributed by atoms with Gasteiger partial charge in [0.15, 0.2) is 0 Å². The smallest absolute Gasteiger partial charge is 0.326 e. The summed E-state index contributed by atoms with van der Waals surface area (Å²) in [6, 6.07) is 19.5. The molecular weight excluding hydrogens is 511 g/mol. The molecule has 0 radical (unpaired) electrons. The van der Waals surface area contributed by atoms with Gasteiger partial charge in [-0.2, -0.15) is 0 Å². The maximum Gasteiger partial charge on any atom is 0.326 e. The lowest BCUT2D eigenvalue weighted by Gasteiger charge is -2.32. The topological polar surface area (TPSA) is 98.3 Å². The van der Waals surface area contributed by atoms with Crippen molar-refractivity contribution >= 4 is 52.1 Å². The highest BCUT2D eigenvalue weighted by Crippen LogP contribution is 2.31. The molecule has 1 amide bonds. The van der Waals surface area contributed by atoms with Gasteiger partial charge in [-0.05, 0) is 54.3 Å². The van der Waals surface area contributed by atoms with E-state index in [1.165, 1.54) is 0 Å². The van der Waals surface area contributed by atoms with Crippen LogP contribution in [0.5, 0.6) is 0 Å². The largest absolute Gasteiger partial charge is 0.480 e. The van der Waals surface area contributed by atoms with Crippen molar-refractivity contribution in [1.82, 2.24) is 15.3 Å². The van der Waals surface area contributed by atoms with E-state index in [9.17, 15) is 14.7 Å². The first kappa shape index (κ1) is 25.1. The average molecular weight is 537 g/mol. The SMILES string of the molecule is O=C(N[C@@H](Cc1ccc(-c2cc(Cl)ccc2Cl)cc1)C(=O)O)C1CCCN(c2nc3ccccc3[nH]2)C1. The zero-order valence-electron chi connectivity index (χ0n) is 20.0. The third-order valence-electron chi connectivity index (χ3n) is 6.72. The monoisotopic (exact) mass is 536 g/mol. The molecule has 0 bridgehead atoms. The van der Waals surface area contributed by atoms with Crippen LogP contribution in [0.2, 0.25) is 10.0 Å². The zero-order chi connectivity index (χ0) is 25.9. The fourth-order valence-corrected chi connectivity index (χ4v) is 5.14. The second-order valence-electron chi connectivity index (χ2n) is 9.29. The Bertz CT molecular complexity index is 1400. The summed E-state index contributed by atoms with van der Waals surface area (Å²) in [7, 11) is 0. The number of para-hydroxylation sites is 2. The van der Waals surface area contributed by atoms with Crippen LogP contribution in [0.4, 0.5) is 5.95 Å². The number of imidazole rings is 1. The molecule has 1 fully saturated rings. The van der Waals surface area contributed by atoms with Crippen molar-refractivity contribution in [2.75, 3.05) is 18.0 Å². The van der Waals surface area contributed by atoms with Crippen molar-refractivity contribution in [3.05, 3.63) is 82.3 Å². The number of aromatic amines is 1. The highest BCUT2D eigenvalue weighted by atomic mass is 35.5. The molecule has 4 aromatic rings. The lowest BCUT2D eigenvalue weighted by Crippen LogP contribution is -2.49. The summed E-state index contributed by atoms with van der Waals surface area (Å²) in [5.74, 6) is -0.916. The Hall–Kier alpha value is -3.55. The molecule has 1 unspecified atom stereocenters. The van der Waals surface area contributed by atoms with E-state index in [0.29, 0.717) is 23.0 Å². The Labute approximate surface area is 224 Å². The molecule has 1 aliphatic heterocycles. The molecule has 7 nitrogen and oxygen atoms in total. The Morgan fingerprint density at radius 1 is 1.11 bits per heavy atom. The molecule has 5 rings (SSSR count). The Balaban J connectivity index is 1.24. The van der Waals surface area contributed by atoms with Crippen LogP contribution in [-0.4, -0.2) is 46.1 Å². The maximum atomic E-state index is 13.1. The molecule has 1 saturated heterocycles. The molecule has 0 spiro atoms. The van der Waals surface area contributed by atoms with E-state index in [4.69, 9.17) is 23.2 Å². The van der Waals surface area contributed by atoms with Crippen molar-refractivity contribution in [3.8, 4) is 11.1 Å². The van der Waals surface area contributed by atoms with Gasteiger partial charge in [-0.25, -0.2) is 9.78 Å². The lowest BCUT2D eigenvalue weighted by molar-refractivity contribution is -0.142. The number of halogens is 2. The van der Waals surface area contributed by atoms with Crippen LogP contribution in [0.25, 0.3) is 22.2 Å². The quantitative estimate of drug-likeness (QED) is 0.287. The van der Waals surface area contributed by atoms with Gasteiger partial charge in [-0.1, -0.05) is 59.6 Å². The molecular formula is C28H26Cl2N4O3. The summed E-state index contributed by atoms with van der Waals surface area (Å²) in [6.07, 6.45) is 1.69. The van der Waals surface area contributed by atoms with Gasteiger partial charge in [0, 0.05) is 35.1 Å². The predicted octanol–water partition coefficient (Wildman–Crippen LogP) is 5.57. The van der Waals surface area contributed by atoms with Gasteiger partial charge in [-0.15, -0.1) is 0 Å². The summed E-state index contributed by atoms with van der Waals surface area (Å²) in [5.41, 5.74) is 4.29. The summed E-state index contributed by atoms with van der Waals surface area (Å²) in [4.78, 5) is 35.1. The summed E-state index contributed by atoms with van der Waals surface area (Å²) in [6.45, 7) is 1.27. The molecule has 190 valence electrons. The van der Waals surface area contributed by atoms with Gasteiger partial charge < -0.3 is 20.3 Å². The van der Waals surface area contributed by atoms with E-state index in [0.717, 1.165) is 46.6 Å². The number of aromatic nitrogens is 2. The minimum absolute atomic E-state index is 0.171. The first-order valence-corrected chi connectivity index (χ1v) is 12.9. The third kappa shape index (κ3) is 5.73. The number of carbonyl (C=O) groups is 2. The van der Waals surface area contributed by atoms with E-state index < -0.39 is 12.0 Å². The van der Waals surface area contributed by atoms with E-state index in [1.807, 2.05) is 48.5 Å². The van der Waals surface area contributed by atoms with E-state index >= 15 is 0 Å². The van der Waals surface area contributed by atoms with Gasteiger partial charge in [0.25, 0.3) is 0 Å². The molecule has 3 aromatic carbocycles. The van der Waals surface area contributed by atoms with Crippen LogP contribution in [-0.2, 0) is 16.0 Å². The predicted molar refractivity (Wildman–Crippen MR) is 146 cm³/mol. The first-order chi connectivity index (χ1) is 17.9. The second kappa shape index (κ2) is 10.8. The number of anilines is 1. The van der Waals surface area contributed by atoms with E-state index in [2.05, 4.69) is 20.2 Å². The standard InChI is InChI=1S/C28H26Cl2N4O3/c29-20-11-12-22(30)21(15-20)18-9-7-17(8-10-18)14-25(27(36)37)31-26(35)19-4-3-13-34(16-19)28-32-23-5-1-2-6-24(23)33-28/h1-2,5-12,15,19,25H,3-4,13-14,16H2,(H,31,35)(H,32,33)(H,36,37)/t19?,25-/m0/s1. The average Bonchev–Trinajstić information content (AvgIpc) is 3.35. The Morgan fingerprint density at radius 2 is 1.89 bits per heavy atom. The van der Waals surface area contributed by atoms with Crippen LogP contribution < -0.4 is 10.2 Å². The molecule has 3 N–H and O–H groups in total. The number of aliphatic carboxylic acids is 1.